The molecule has 0 unspecified atom stereocenters. The number of hydrogen-bond acceptors (Lipinski definition) is 7. The molecule has 23 heavy (non-hydrogen) atoms. The summed E-state index contributed by atoms with van der Waals surface area (Å²) >= 11 is 0.773. The predicted octanol–water partition coefficient (Wildman–Crippen LogP) is 1.85. The quantitative estimate of drug-likeness (QED) is 0.695. The topological polar surface area (TPSA) is 114 Å². The Labute approximate surface area is 135 Å². The van der Waals surface area contributed by atoms with Gasteiger partial charge in [-0.05, 0) is 24.3 Å². The van der Waals surface area contributed by atoms with E-state index in [4.69, 9.17) is 0 Å². The van der Waals surface area contributed by atoms with E-state index in [9.17, 15) is 13.2 Å². The predicted molar refractivity (Wildman–Crippen MR) is 86.8 cm³/mol. The van der Waals surface area contributed by atoms with Crippen LogP contribution in [-0.4, -0.2) is 29.5 Å². The molecule has 0 fully saturated rings. The second-order valence-electron chi connectivity index (χ2n) is 4.54. The Bertz CT molecular complexity index is 979. The van der Waals surface area contributed by atoms with E-state index < -0.39 is 10.0 Å². The highest BCUT2D eigenvalue weighted by Gasteiger charge is 2.21. The van der Waals surface area contributed by atoms with Crippen molar-refractivity contribution >= 4 is 49.0 Å². The van der Waals surface area contributed by atoms with Gasteiger partial charge in [-0.25, -0.2) is 0 Å². The first-order chi connectivity index (χ1) is 11.0. The van der Waals surface area contributed by atoms with Crippen molar-refractivity contribution in [2.24, 2.45) is 0 Å². The molecule has 2 heterocycles. The Hall–Kier alpha value is -2.59. The SMILES string of the molecule is CC(=O)Nc1nnc(S(=O)(=O)Nc2cccc3ncccc23)s1. The number of carbonyl (C=O) groups is 1. The molecule has 2 N–H and O–H groups in total. The third kappa shape index (κ3) is 3.27. The van der Waals surface area contributed by atoms with Crippen LogP contribution in [0.2, 0.25) is 0 Å². The van der Waals surface area contributed by atoms with Crippen LogP contribution in [0, 0.1) is 0 Å². The first-order valence-corrected chi connectivity index (χ1v) is 8.73. The van der Waals surface area contributed by atoms with E-state index in [0.717, 1.165) is 11.3 Å². The van der Waals surface area contributed by atoms with Gasteiger partial charge in [0.15, 0.2) is 0 Å². The number of amides is 1. The van der Waals surface area contributed by atoms with Gasteiger partial charge in [0.2, 0.25) is 11.0 Å². The van der Waals surface area contributed by atoms with E-state index in [1.165, 1.54) is 6.92 Å². The average Bonchev–Trinajstić information content (AvgIpc) is 2.96. The molecule has 118 valence electrons. The normalized spacial score (nSPS) is 11.3. The maximum Gasteiger partial charge on any atom is 0.291 e. The summed E-state index contributed by atoms with van der Waals surface area (Å²) in [6.45, 7) is 1.30. The summed E-state index contributed by atoms with van der Waals surface area (Å²) in [5.41, 5.74) is 1.07. The minimum Gasteiger partial charge on any atom is -0.301 e. The van der Waals surface area contributed by atoms with E-state index in [0.29, 0.717) is 16.6 Å². The molecule has 3 rings (SSSR count). The number of nitrogens with one attached hydrogen (secondary N) is 2. The molecular formula is C13H11N5O3S2. The first-order valence-electron chi connectivity index (χ1n) is 6.43. The lowest BCUT2D eigenvalue weighted by molar-refractivity contribution is -0.114. The van der Waals surface area contributed by atoms with Crippen LogP contribution in [0.25, 0.3) is 10.9 Å². The smallest absolute Gasteiger partial charge is 0.291 e. The van der Waals surface area contributed by atoms with Crippen molar-refractivity contribution in [3.63, 3.8) is 0 Å². The molecule has 8 nitrogen and oxygen atoms in total. The second-order valence-corrected chi connectivity index (χ2v) is 7.37. The van der Waals surface area contributed by atoms with Gasteiger partial charge in [0.05, 0.1) is 11.2 Å². The van der Waals surface area contributed by atoms with Crippen LogP contribution < -0.4 is 10.0 Å². The van der Waals surface area contributed by atoms with E-state index in [1.807, 2.05) is 0 Å². The van der Waals surface area contributed by atoms with Gasteiger partial charge in [-0.15, -0.1) is 10.2 Å². The lowest BCUT2D eigenvalue weighted by atomic mass is 10.2. The van der Waals surface area contributed by atoms with Crippen LogP contribution in [0.3, 0.4) is 0 Å². The standard InChI is InChI=1S/C13H11N5O3S2/c1-8(19)15-12-16-17-13(22-12)23(20,21)18-11-6-2-5-10-9(11)4-3-7-14-10/h2-7,18H,1H3,(H,15,16,19). The molecule has 0 saturated heterocycles. The van der Waals surface area contributed by atoms with Crippen LogP contribution in [-0.2, 0) is 14.8 Å². The second kappa shape index (κ2) is 5.89. The van der Waals surface area contributed by atoms with Crippen LogP contribution in [0.4, 0.5) is 10.8 Å². The maximum atomic E-state index is 12.4. The van der Waals surface area contributed by atoms with Crippen molar-refractivity contribution in [1.29, 1.82) is 0 Å². The van der Waals surface area contributed by atoms with Crippen molar-refractivity contribution in [3.05, 3.63) is 36.5 Å². The summed E-state index contributed by atoms with van der Waals surface area (Å²) in [6.07, 6.45) is 1.63. The van der Waals surface area contributed by atoms with Crippen LogP contribution in [0.5, 0.6) is 0 Å². The van der Waals surface area contributed by atoms with Gasteiger partial charge < -0.3 is 5.32 Å². The van der Waals surface area contributed by atoms with Gasteiger partial charge >= 0.3 is 0 Å². The van der Waals surface area contributed by atoms with Gasteiger partial charge in [0.25, 0.3) is 14.4 Å². The molecule has 2 aromatic heterocycles. The molecule has 1 aromatic carbocycles. The van der Waals surface area contributed by atoms with Crippen molar-refractivity contribution in [3.8, 4) is 0 Å². The molecule has 0 atom stereocenters. The molecule has 0 spiro atoms. The Kier molecular flexibility index (Phi) is 3.92. The number of sulfonamides is 1. The molecule has 0 radical (unpaired) electrons. The molecule has 1 amide bonds. The number of carbonyl (C=O) groups excluding carboxylic acids is 1. The van der Waals surface area contributed by atoms with Gasteiger partial charge in [0, 0.05) is 18.5 Å². The van der Waals surface area contributed by atoms with Crippen molar-refractivity contribution < 1.29 is 13.2 Å². The summed E-state index contributed by atoms with van der Waals surface area (Å²) < 4.78 is 27.1. The Morgan fingerprint density at radius 3 is 2.78 bits per heavy atom. The minimum absolute atomic E-state index is 0.123. The van der Waals surface area contributed by atoms with Crippen LogP contribution in [0.1, 0.15) is 6.92 Å². The summed E-state index contributed by atoms with van der Waals surface area (Å²) in [5.74, 6) is -0.349. The molecular weight excluding hydrogens is 338 g/mol. The third-order valence-corrected chi connectivity index (χ3v) is 5.38. The molecule has 3 aromatic rings. The van der Waals surface area contributed by atoms with Crippen molar-refractivity contribution in [2.45, 2.75) is 11.3 Å². The molecule has 10 heteroatoms. The minimum atomic E-state index is -3.90. The number of rotatable bonds is 4. The zero-order valence-electron chi connectivity index (χ0n) is 11.8. The summed E-state index contributed by atoms with van der Waals surface area (Å²) in [4.78, 5) is 15.1. The lowest BCUT2D eigenvalue weighted by Crippen LogP contribution is -2.13. The van der Waals surface area contributed by atoms with Gasteiger partial charge in [-0.2, -0.15) is 8.42 Å². The van der Waals surface area contributed by atoms with E-state index in [1.54, 1.807) is 36.5 Å². The molecule has 0 bridgehead atoms. The average molecular weight is 349 g/mol. The number of hydrogen-bond donors (Lipinski definition) is 2. The number of benzene rings is 1. The fourth-order valence-corrected chi connectivity index (χ4v) is 3.93. The number of fused-ring (bicyclic) bond motifs is 1. The van der Waals surface area contributed by atoms with Crippen molar-refractivity contribution in [2.75, 3.05) is 10.0 Å². The highest BCUT2D eigenvalue weighted by atomic mass is 32.2. The zero-order valence-corrected chi connectivity index (χ0v) is 13.5. The summed E-state index contributed by atoms with van der Waals surface area (Å²) in [7, 11) is -3.90. The Morgan fingerprint density at radius 2 is 2.00 bits per heavy atom. The number of nitrogens with zero attached hydrogens (tertiary/aromatic N) is 3. The number of anilines is 2. The monoisotopic (exact) mass is 349 g/mol. The third-order valence-electron chi connectivity index (χ3n) is 2.81. The maximum absolute atomic E-state index is 12.4. The van der Waals surface area contributed by atoms with Gasteiger partial charge in [0.1, 0.15) is 0 Å². The Morgan fingerprint density at radius 1 is 1.17 bits per heavy atom. The fraction of sp³-hybridized carbons (Fsp3) is 0.0769. The zero-order chi connectivity index (χ0) is 16.4. The van der Waals surface area contributed by atoms with E-state index in [-0.39, 0.29) is 15.4 Å². The number of pyridine rings is 1. The molecule has 0 aliphatic rings. The summed E-state index contributed by atoms with van der Waals surface area (Å²) in [6, 6.07) is 8.61. The lowest BCUT2D eigenvalue weighted by Gasteiger charge is -2.07. The summed E-state index contributed by atoms with van der Waals surface area (Å²) in [5, 5.41) is 10.4. The molecule has 0 saturated carbocycles. The van der Waals surface area contributed by atoms with Gasteiger partial charge in [-0.1, -0.05) is 17.4 Å². The first kappa shape index (κ1) is 15.3. The molecule has 0 aliphatic heterocycles. The van der Waals surface area contributed by atoms with Crippen LogP contribution in [0.15, 0.2) is 40.9 Å². The Balaban J connectivity index is 1.94. The van der Waals surface area contributed by atoms with Crippen LogP contribution >= 0.6 is 11.3 Å². The van der Waals surface area contributed by atoms with Gasteiger partial charge in [-0.3, -0.25) is 14.5 Å². The highest BCUT2D eigenvalue weighted by Crippen LogP contribution is 2.26. The van der Waals surface area contributed by atoms with Crippen molar-refractivity contribution in [1.82, 2.24) is 15.2 Å². The van der Waals surface area contributed by atoms with E-state index >= 15 is 0 Å². The number of aromatic nitrogens is 3. The van der Waals surface area contributed by atoms with E-state index in [2.05, 4.69) is 25.2 Å². The largest absolute Gasteiger partial charge is 0.301 e. The fourth-order valence-electron chi connectivity index (χ4n) is 1.90. The highest BCUT2D eigenvalue weighted by molar-refractivity contribution is 7.94. The molecule has 0 aliphatic carbocycles.